The largest absolute Gasteiger partial charge is 0.468 e. The predicted octanol–water partition coefficient (Wildman–Crippen LogP) is 1.36. The summed E-state index contributed by atoms with van der Waals surface area (Å²) in [6, 6.07) is -0.289. The first-order chi connectivity index (χ1) is 8.69. The smallest absolute Gasteiger partial charge is 0.323 e. The first-order valence-corrected chi connectivity index (χ1v) is 6.66. The number of rotatable bonds is 6. The van der Waals surface area contributed by atoms with Crippen molar-refractivity contribution >= 4 is 11.9 Å². The number of carbonyl (C=O) groups is 2. The summed E-state index contributed by atoms with van der Waals surface area (Å²) in [5.74, 6) is -0.504. The number of piperidine rings is 1. The fraction of sp³-hybridized carbons (Fsp3) is 0.846. The Bertz CT molecular complexity index is 280. The summed E-state index contributed by atoms with van der Waals surface area (Å²) >= 11 is 0. The minimum atomic E-state index is -0.289. The van der Waals surface area contributed by atoms with Crippen molar-refractivity contribution in [3.8, 4) is 0 Å². The van der Waals surface area contributed by atoms with Crippen LogP contribution in [0.5, 0.6) is 0 Å². The zero-order chi connectivity index (χ0) is 13.4. The van der Waals surface area contributed by atoms with Gasteiger partial charge in [0.15, 0.2) is 0 Å². The van der Waals surface area contributed by atoms with Crippen LogP contribution in [0.15, 0.2) is 0 Å². The SMILES string of the molecule is CCCCOC(=O)CN1CCCCC1C(=O)OC. The van der Waals surface area contributed by atoms with Crippen LogP contribution in [-0.2, 0) is 19.1 Å². The molecule has 1 rings (SSSR count). The molecule has 0 amide bonds. The molecular formula is C13H23NO4. The molecular weight excluding hydrogens is 234 g/mol. The summed E-state index contributed by atoms with van der Waals surface area (Å²) < 4.78 is 9.88. The van der Waals surface area contributed by atoms with Crippen LogP contribution in [0.3, 0.4) is 0 Å². The Labute approximate surface area is 108 Å². The average Bonchev–Trinajstić information content (AvgIpc) is 2.39. The monoisotopic (exact) mass is 257 g/mol. The molecule has 104 valence electrons. The minimum absolute atomic E-state index is 0.184. The molecule has 1 atom stereocenters. The lowest BCUT2D eigenvalue weighted by Gasteiger charge is -2.32. The summed E-state index contributed by atoms with van der Waals surface area (Å²) in [6.45, 7) is 3.45. The number of carbonyl (C=O) groups excluding carboxylic acids is 2. The van der Waals surface area contributed by atoms with Crippen LogP contribution in [0.4, 0.5) is 0 Å². The lowest BCUT2D eigenvalue weighted by atomic mass is 10.0. The van der Waals surface area contributed by atoms with E-state index in [4.69, 9.17) is 9.47 Å². The topological polar surface area (TPSA) is 55.8 Å². The molecule has 5 heteroatoms. The van der Waals surface area contributed by atoms with Crippen LogP contribution in [0.25, 0.3) is 0 Å². The highest BCUT2D eigenvalue weighted by atomic mass is 16.5. The minimum Gasteiger partial charge on any atom is -0.468 e. The Morgan fingerprint density at radius 1 is 1.33 bits per heavy atom. The third kappa shape index (κ3) is 4.64. The van der Waals surface area contributed by atoms with Gasteiger partial charge in [-0.1, -0.05) is 19.8 Å². The quantitative estimate of drug-likeness (QED) is 0.531. The standard InChI is InChI=1S/C13H23NO4/c1-3-4-9-18-12(15)10-14-8-6-5-7-11(14)13(16)17-2/h11H,3-10H2,1-2H3. The number of unbranched alkanes of at least 4 members (excludes halogenated alkanes) is 1. The molecule has 0 aromatic heterocycles. The Morgan fingerprint density at radius 2 is 2.11 bits per heavy atom. The number of hydrogen-bond acceptors (Lipinski definition) is 5. The van der Waals surface area contributed by atoms with E-state index in [1.165, 1.54) is 7.11 Å². The van der Waals surface area contributed by atoms with E-state index in [-0.39, 0.29) is 24.5 Å². The molecule has 0 aromatic rings. The second-order valence-corrected chi connectivity index (χ2v) is 4.58. The van der Waals surface area contributed by atoms with Gasteiger partial charge in [-0.15, -0.1) is 0 Å². The van der Waals surface area contributed by atoms with Gasteiger partial charge in [-0.2, -0.15) is 0 Å². The summed E-state index contributed by atoms with van der Waals surface area (Å²) in [5.41, 5.74) is 0. The summed E-state index contributed by atoms with van der Waals surface area (Å²) in [6.07, 6.45) is 4.65. The second kappa shape index (κ2) is 8.08. The maximum absolute atomic E-state index is 11.6. The fourth-order valence-corrected chi connectivity index (χ4v) is 2.13. The van der Waals surface area contributed by atoms with Crippen LogP contribution in [0.2, 0.25) is 0 Å². The van der Waals surface area contributed by atoms with Gasteiger partial charge in [0.25, 0.3) is 0 Å². The van der Waals surface area contributed by atoms with Crippen molar-refractivity contribution in [2.24, 2.45) is 0 Å². The van der Waals surface area contributed by atoms with Gasteiger partial charge >= 0.3 is 11.9 Å². The molecule has 1 heterocycles. The predicted molar refractivity (Wildman–Crippen MR) is 67.1 cm³/mol. The van der Waals surface area contributed by atoms with E-state index >= 15 is 0 Å². The molecule has 0 radical (unpaired) electrons. The van der Waals surface area contributed by atoms with Crippen LogP contribution < -0.4 is 0 Å². The van der Waals surface area contributed by atoms with Crippen LogP contribution in [-0.4, -0.2) is 49.7 Å². The van der Waals surface area contributed by atoms with Crippen LogP contribution in [0.1, 0.15) is 39.0 Å². The average molecular weight is 257 g/mol. The molecule has 1 unspecified atom stereocenters. The van der Waals surface area contributed by atoms with E-state index in [1.807, 2.05) is 11.8 Å². The molecule has 1 saturated heterocycles. The van der Waals surface area contributed by atoms with Crippen molar-refractivity contribution < 1.29 is 19.1 Å². The van der Waals surface area contributed by atoms with Crippen molar-refractivity contribution in [1.29, 1.82) is 0 Å². The van der Waals surface area contributed by atoms with Gasteiger partial charge in [0, 0.05) is 0 Å². The zero-order valence-electron chi connectivity index (χ0n) is 11.3. The van der Waals surface area contributed by atoms with Crippen LogP contribution >= 0.6 is 0 Å². The number of esters is 2. The Hall–Kier alpha value is -1.10. The van der Waals surface area contributed by atoms with Gasteiger partial charge in [-0.25, -0.2) is 0 Å². The Balaban J connectivity index is 2.41. The van der Waals surface area contributed by atoms with Crippen molar-refractivity contribution in [3.05, 3.63) is 0 Å². The molecule has 0 bridgehead atoms. The maximum Gasteiger partial charge on any atom is 0.323 e. The van der Waals surface area contributed by atoms with Gasteiger partial charge in [0.2, 0.25) is 0 Å². The molecule has 18 heavy (non-hydrogen) atoms. The van der Waals surface area contributed by atoms with Crippen molar-refractivity contribution in [3.63, 3.8) is 0 Å². The molecule has 1 fully saturated rings. The van der Waals surface area contributed by atoms with Crippen LogP contribution in [0, 0.1) is 0 Å². The first-order valence-electron chi connectivity index (χ1n) is 6.66. The van der Waals surface area contributed by atoms with Gasteiger partial charge in [0.1, 0.15) is 6.04 Å². The second-order valence-electron chi connectivity index (χ2n) is 4.58. The summed E-state index contributed by atoms with van der Waals surface area (Å²) in [5, 5.41) is 0. The number of methoxy groups -OCH3 is 1. The maximum atomic E-state index is 11.6. The van der Waals surface area contributed by atoms with Crippen molar-refractivity contribution in [2.45, 2.75) is 45.1 Å². The Kier molecular flexibility index (Phi) is 6.72. The van der Waals surface area contributed by atoms with E-state index in [0.717, 1.165) is 38.6 Å². The molecule has 1 aliphatic heterocycles. The molecule has 0 spiro atoms. The molecule has 0 saturated carbocycles. The number of hydrogen-bond donors (Lipinski definition) is 0. The first kappa shape index (κ1) is 15.0. The van der Waals surface area contributed by atoms with Gasteiger partial charge < -0.3 is 9.47 Å². The van der Waals surface area contributed by atoms with E-state index in [9.17, 15) is 9.59 Å². The van der Waals surface area contributed by atoms with Crippen molar-refractivity contribution in [2.75, 3.05) is 26.8 Å². The highest BCUT2D eigenvalue weighted by molar-refractivity contribution is 5.77. The summed E-state index contributed by atoms with van der Waals surface area (Å²) in [4.78, 5) is 25.1. The van der Waals surface area contributed by atoms with E-state index < -0.39 is 0 Å². The molecule has 0 aliphatic carbocycles. The molecule has 0 aromatic carbocycles. The van der Waals surface area contributed by atoms with Gasteiger partial charge in [0.05, 0.1) is 20.3 Å². The lowest BCUT2D eigenvalue weighted by molar-refractivity contribution is -0.152. The molecule has 5 nitrogen and oxygen atoms in total. The highest BCUT2D eigenvalue weighted by Crippen LogP contribution is 2.17. The molecule has 1 aliphatic rings. The van der Waals surface area contributed by atoms with Gasteiger partial charge in [-0.05, 0) is 25.8 Å². The zero-order valence-corrected chi connectivity index (χ0v) is 11.3. The number of likely N-dealkylation sites (tertiary alicyclic amines) is 1. The fourth-order valence-electron chi connectivity index (χ4n) is 2.13. The summed E-state index contributed by atoms with van der Waals surface area (Å²) in [7, 11) is 1.38. The molecule has 0 N–H and O–H groups in total. The third-order valence-corrected chi connectivity index (χ3v) is 3.18. The number of nitrogens with zero attached hydrogens (tertiary/aromatic N) is 1. The Morgan fingerprint density at radius 3 is 2.78 bits per heavy atom. The van der Waals surface area contributed by atoms with Gasteiger partial charge in [-0.3, -0.25) is 14.5 Å². The van der Waals surface area contributed by atoms with Crippen molar-refractivity contribution in [1.82, 2.24) is 4.90 Å². The van der Waals surface area contributed by atoms with E-state index in [0.29, 0.717) is 6.61 Å². The lowest BCUT2D eigenvalue weighted by Crippen LogP contribution is -2.47. The third-order valence-electron chi connectivity index (χ3n) is 3.18. The highest BCUT2D eigenvalue weighted by Gasteiger charge is 2.30. The number of ether oxygens (including phenoxy) is 2. The van der Waals surface area contributed by atoms with E-state index in [2.05, 4.69) is 0 Å². The van der Waals surface area contributed by atoms with E-state index in [1.54, 1.807) is 0 Å². The normalized spacial score (nSPS) is 20.4.